The van der Waals surface area contributed by atoms with Crippen molar-refractivity contribution < 1.29 is 4.57 Å². The molecule has 0 aliphatic carbocycles. The third-order valence-electron chi connectivity index (χ3n) is 0.213. The van der Waals surface area contributed by atoms with Gasteiger partial charge in [-0.05, 0) is 28.7 Å². The van der Waals surface area contributed by atoms with Gasteiger partial charge >= 0.3 is 5.05 Å². The van der Waals surface area contributed by atoms with Gasteiger partial charge < -0.3 is 0 Å². The molecular weight excluding hydrogens is 162 g/mol. The normalized spacial score (nSPS) is 11.8. The van der Waals surface area contributed by atoms with Crippen molar-refractivity contribution in [1.29, 1.82) is 0 Å². The van der Waals surface area contributed by atoms with E-state index in [2.05, 4.69) is 0 Å². The van der Waals surface area contributed by atoms with Crippen LogP contribution in [0.15, 0.2) is 0 Å². The first-order valence-electron chi connectivity index (χ1n) is 1.11. The molecule has 0 aliphatic rings. The monoisotopic (exact) mass is 164 g/mol. The summed E-state index contributed by atoms with van der Waals surface area (Å²) in [7, 11) is 0. The Hall–Kier alpha value is 1.16. The molecule has 6 heavy (non-hydrogen) atoms. The summed E-state index contributed by atoms with van der Waals surface area (Å²) in [4.78, 5) is 0. The van der Waals surface area contributed by atoms with E-state index in [0.29, 0.717) is 0 Å². The van der Waals surface area contributed by atoms with Crippen LogP contribution in [0.25, 0.3) is 0 Å². The largest absolute Gasteiger partial charge is 0.307 e. The summed E-state index contributed by atoms with van der Waals surface area (Å²) in [5, 5.41) is -2.79. The molecule has 0 amide bonds. The minimum absolute atomic E-state index is 0.968. The minimum atomic E-state index is -2.79. The minimum Gasteiger partial charge on any atom is -0.277 e. The predicted molar refractivity (Wildman–Crippen MR) is 32.8 cm³/mol. The maximum Gasteiger partial charge on any atom is 0.307 e. The fourth-order valence-corrected chi connectivity index (χ4v) is 0. The predicted octanol–water partition coefficient (Wildman–Crippen LogP) is 2.94. The third-order valence-corrected chi connectivity index (χ3v) is 4.40. The van der Waals surface area contributed by atoms with Gasteiger partial charge in [0.1, 0.15) is 0 Å². The lowest BCUT2D eigenvalue weighted by Gasteiger charge is -1.87. The van der Waals surface area contributed by atoms with E-state index in [1.165, 1.54) is 0 Å². The van der Waals surface area contributed by atoms with Crippen LogP contribution in [0.5, 0.6) is 0 Å². The Balaban J connectivity index is 3.48. The Labute approximate surface area is 50.1 Å². The molecule has 0 aromatic rings. The number of rotatable bonds is 1. The van der Waals surface area contributed by atoms with E-state index < -0.39 is 5.05 Å². The molecule has 0 spiro atoms. The van der Waals surface area contributed by atoms with Gasteiger partial charge in [-0.2, -0.15) is 0 Å². The second-order valence-corrected chi connectivity index (χ2v) is 9.01. The summed E-state index contributed by atoms with van der Waals surface area (Å²) in [5.74, 6) is 0. The summed E-state index contributed by atoms with van der Waals surface area (Å²) in [6.07, 6.45) is 1.60. The van der Waals surface area contributed by atoms with Crippen LogP contribution in [-0.2, 0) is 4.57 Å². The highest BCUT2D eigenvalue weighted by Gasteiger charge is 2.07. The van der Waals surface area contributed by atoms with Crippen molar-refractivity contribution in [2.75, 3.05) is 6.26 Å². The Morgan fingerprint density at radius 3 is 1.83 bits per heavy atom. The van der Waals surface area contributed by atoms with E-state index in [-0.39, 0.29) is 0 Å². The Morgan fingerprint density at radius 2 is 1.83 bits per heavy atom. The maximum absolute atomic E-state index is 10.1. The maximum atomic E-state index is 10.1. The summed E-state index contributed by atoms with van der Waals surface area (Å²) in [6, 6.07) is 0. The first-order valence-corrected chi connectivity index (χ1v) is 6.46. The van der Waals surface area contributed by atoms with Crippen molar-refractivity contribution in [3.63, 3.8) is 0 Å². The number of halogens is 2. The highest BCUT2D eigenvalue weighted by atomic mass is 35.9. The van der Waals surface area contributed by atoms with Crippen LogP contribution in [0.1, 0.15) is 0 Å². The molecule has 0 saturated carbocycles. The van der Waals surface area contributed by atoms with Gasteiger partial charge in [0, 0.05) is 0 Å². The average molecular weight is 165 g/mol. The van der Waals surface area contributed by atoms with Crippen molar-refractivity contribution in [1.82, 2.24) is 0 Å². The SMILES string of the molecule is CSP(=O)(Cl)Cl. The lowest BCUT2D eigenvalue weighted by atomic mass is 12.0. The molecule has 0 saturated heterocycles. The van der Waals surface area contributed by atoms with Gasteiger partial charge in [0.05, 0.1) is 0 Å². The van der Waals surface area contributed by atoms with Crippen molar-refractivity contribution in [3.05, 3.63) is 0 Å². The second kappa shape index (κ2) is 2.46. The van der Waals surface area contributed by atoms with Crippen LogP contribution < -0.4 is 0 Å². The number of hydrogen-bond acceptors (Lipinski definition) is 2. The molecule has 1 nitrogen and oxygen atoms in total. The van der Waals surface area contributed by atoms with E-state index in [1.807, 2.05) is 0 Å². The summed E-state index contributed by atoms with van der Waals surface area (Å²) >= 11 is 11.0. The van der Waals surface area contributed by atoms with E-state index in [1.54, 1.807) is 6.26 Å². The lowest BCUT2D eigenvalue weighted by Crippen LogP contribution is -1.37. The van der Waals surface area contributed by atoms with E-state index >= 15 is 0 Å². The van der Waals surface area contributed by atoms with Crippen molar-refractivity contribution in [2.24, 2.45) is 0 Å². The molecule has 0 aromatic heterocycles. The molecular formula is CH3Cl2OPS. The molecule has 0 N–H and O–H groups in total. The molecule has 5 heteroatoms. The molecule has 0 atom stereocenters. The van der Waals surface area contributed by atoms with E-state index in [4.69, 9.17) is 22.5 Å². The van der Waals surface area contributed by atoms with Gasteiger partial charge in [-0.25, -0.2) is 0 Å². The quantitative estimate of drug-likeness (QED) is 0.555. The van der Waals surface area contributed by atoms with Crippen LogP contribution in [0.2, 0.25) is 0 Å². The van der Waals surface area contributed by atoms with Crippen LogP contribution in [0.4, 0.5) is 0 Å². The Kier molecular flexibility index (Phi) is 2.94. The highest BCUT2D eigenvalue weighted by molar-refractivity contribution is 8.72. The zero-order valence-corrected chi connectivity index (χ0v) is 6.24. The average Bonchev–Trinajstić information content (AvgIpc) is 1.35. The van der Waals surface area contributed by atoms with Gasteiger partial charge in [-0.3, -0.25) is 4.57 Å². The molecule has 38 valence electrons. The van der Waals surface area contributed by atoms with Crippen LogP contribution >= 0.6 is 38.9 Å². The van der Waals surface area contributed by atoms with Crippen molar-refractivity contribution in [2.45, 2.75) is 0 Å². The van der Waals surface area contributed by atoms with Crippen LogP contribution in [0, 0.1) is 0 Å². The van der Waals surface area contributed by atoms with Gasteiger partial charge in [0.25, 0.3) is 0 Å². The summed E-state index contributed by atoms with van der Waals surface area (Å²) in [6.45, 7) is 0. The number of hydrogen-bond donors (Lipinski definition) is 0. The smallest absolute Gasteiger partial charge is 0.277 e. The van der Waals surface area contributed by atoms with Gasteiger partial charge in [-0.1, -0.05) is 11.4 Å². The fraction of sp³-hybridized carbons (Fsp3) is 1.00. The molecule has 0 fully saturated rings. The first kappa shape index (κ1) is 7.16. The second-order valence-electron chi connectivity index (χ2n) is 0.597. The zero-order chi connectivity index (χ0) is 5.21. The van der Waals surface area contributed by atoms with Gasteiger partial charge in [0.2, 0.25) is 0 Å². The van der Waals surface area contributed by atoms with Crippen molar-refractivity contribution >= 4 is 38.9 Å². The molecule has 0 radical (unpaired) electrons. The van der Waals surface area contributed by atoms with Crippen LogP contribution in [0.3, 0.4) is 0 Å². The van der Waals surface area contributed by atoms with Crippen LogP contribution in [-0.4, -0.2) is 6.26 Å². The Bertz CT molecular complexity index is 77.6. The highest BCUT2D eigenvalue weighted by Crippen LogP contribution is 2.66. The first-order chi connectivity index (χ1) is 2.56. The molecule has 0 unspecified atom stereocenters. The Morgan fingerprint density at radius 1 is 1.67 bits per heavy atom. The van der Waals surface area contributed by atoms with E-state index in [0.717, 1.165) is 11.4 Å². The van der Waals surface area contributed by atoms with E-state index in [9.17, 15) is 4.57 Å². The molecule has 0 bridgehead atoms. The molecule has 0 aliphatic heterocycles. The standard InChI is InChI=1S/CH3Cl2OPS/c1-6-5(2,3)4/h1H3. The summed E-state index contributed by atoms with van der Waals surface area (Å²) in [5.41, 5.74) is 0. The molecule has 0 rings (SSSR count). The lowest BCUT2D eigenvalue weighted by molar-refractivity contribution is 0.600. The zero-order valence-electron chi connectivity index (χ0n) is 3.02. The fourth-order valence-electron chi connectivity index (χ4n) is 0. The summed E-state index contributed by atoms with van der Waals surface area (Å²) < 4.78 is 10.1. The molecule has 0 heterocycles. The van der Waals surface area contributed by atoms with Gasteiger partial charge in [-0.15, -0.1) is 0 Å². The van der Waals surface area contributed by atoms with Crippen molar-refractivity contribution in [3.8, 4) is 0 Å². The van der Waals surface area contributed by atoms with Gasteiger partial charge in [0.15, 0.2) is 0 Å². The molecule has 0 aromatic carbocycles. The third kappa shape index (κ3) is 5.16. The topological polar surface area (TPSA) is 17.1 Å².